The van der Waals surface area contributed by atoms with Crippen LogP contribution in [0.4, 0.5) is 10.2 Å². The minimum absolute atomic E-state index is 0.00735. The lowest BCUT2D eigenvalue weighted by molar-refractivity contribution is -0.0268. The molecule has 192 valence electrons. The highest BCUT2D eigenvalue weighted by atomic mass is 19.1. The first-order valence-corrected chi connectivity index (χ1v) is 12.0. The van der Waals surface area contributed by atoms with Gasteiger partial charge in [-0.15, -0.1) is 0 Å². The first-order chi connectivity index (χ1) is 17.9. The maximum absolute atomic E-state index is 14.2. The van der Waals surface area contributed by atoms with Gasteiger partial charge < -0.3 is 30.6 Å². The molecule has 1 amide bonds. The van der Waals surface area contributed by atoms with Crippen molar-refractivity contribution < 1.29 is 23.8 Å². The van der Waals surface area contributed by atoms with Crippen LogP contribution in [0.3, 0.4) is 0 Å². The standard InChI is InChI=1S/C27H28FN5O4/c1-36-25-17(9-18(28)10-21(25)27(30)35)8-15-2-5-19(6-3-15)33-11-22(16-4-7-20(12-34)37-13-16)23-24(33)26(29)32-14-31-23/h2-3,5-6,9-11,14,16,20,34H,4,7-8,12-13H2,1H3,(H2,30,35)(H2,29,31,32). The third-order valence-electron chi connectivity index (χ3n) is 6.86. The molecule has 5 N–H and O–H groups in total. The summed E-state index contributed by atoms with van der Waals surface area (Å²) in [5.41, 5.74) is 16.5. The number of carbonyl (C=O) groups is 1. The Morgan fingerprint density at radius 3 is 2.68 bits per heavy atom. The van der Waals surface area contributed by atoms with Gasteiger partial charge in [0.2, 0.25) is 0 Å². The molecule has 0 saturated carbocycles. The minimum Gasteiger partial charge on any atom is -0.496 e. The van der Waals surface area contributed by atoms with Gasteiger partial charge in [0.05, 0.1) is 37.5 Å². The van der Waals surface area contributed by atoms with Gasteiger partial charge in [0, 0.05) is 35.3 Å². The summed E-state index contributed by atoms with van der Waals surface area (Å²) in [7, 11) is 1.43. The van der Waals surface area contributed by atoms with Crippen molar-refractivity contribution in [1.82, 2.24) is 14.5 Å². The third-order valence-corrected chi connectivity index (χ3v) is 6.86. The van der Waals surface area contributed by atoms with E-state index in [1.165, 1.54) is 19.5 Å². The van der Waals surface area contributed by atoms with Gasteiger partial charge in [-0.05, 0) is 42.7 Å². The largest absolute Gasteiger partial charge is 0.496 e. The average molecular weight is 506 g/mol. The number of benzene rings is 2. The molecule has 1 aliphatic heterocycles. The maximum atomic E-state index is 14.2. The summed E-state index contributed by atoms with van der Waals surface area (Å²) in [6, 6.07) is 10.1. The topological polar surface area (TPSA) is 139 Å². The Hall–Kier alpha value is -4.02. The zero-order valence-corrected chi connectivity index (χ0v) is 20.4. The fourth-order valence-electron chi connectivity index (χ4n) is 5.00. The first-order valence-electron chi connectivity index (χ1n) is 12.0. The molecular weight excluding hydrogens is 477 g/mol. The highest BCUT2D eigenvalue weighted by Crippen LogP contribution is 2.36. The fourth-order valence-corrected chi connectivity index (χ4v) is 5.00. The smallest absolute Gasteiger partial charge is 0.252 e. The highest BCUT2D eigenvalue weighted by Gasteiger charge is 2.27. The molecule has 4 aromatic rings. The monoisotopic (exact) mass is 505 g/mol. The van der Waals surface area contributed by atoms with Crippen LogP contribution in [0, 0.1) is 5.82 Å². The second kappa shape index (κ2) is 10.2. The van der Waals surface area contributed by atoms with Gasteiger partial charge in [-0.1, -0.05) is 12.1 Å². The van der Waals surface area contributed by atoms with Crippen LogP contribution in [0.5, 0.6) is 5.75 Å². The molecule has 10 heteroatoms. The molecule has 5 rings (SSSR count). The van der Waals surface area contributed by atoms with Crippen molar-refractivity contribution in [3.8, 4) is 11.4 Å². The molecule has 0 bridgehead atoms. The van der Waals surface area contributed by atoms with E-state index in [1.54, 1.807) is 0 Å². The summed E-state index contributed by atoms with van der Waals surface area (Å²) in [6.45, 7) is 0.511. The van der Waals surface area contributed by atoms with E-state index in [0.717, 1.165) is 41.2 Å². The lowest BCUT2D eigenvalue weighted by atomic mass is 9.92. The molecule has 1 aliphatic rings. The van der Waals surface area contributed by atoms with Crippen molar-refractivity contribution in [1.29, 1.82) is 0 Å². The number of hydrogen-bond acceptors (Lipinski definition) is 7. The average Bonchev–Trinajstić information content (AvgIpc) is 3.30. The molecule has 37 heavy (non-hydrogen) atoms. The van der Waals surface area contributed by atoms with Crippen molar-refractivity contribution in [2.24, 2.45) is 5.73 Å². The number of primary amides is 1. The van der Waals surface area contributed by atoms with E-state index in [1.807, 2.05) is 35.0 Å². The Morgan fingerprint density at radius 1 is 1.24 bits per heavy atom. The Morgan fingerprint density at radius 2 is 2.03 bits per heavy atom. The Balaban J connectivity index is 1.48. The Bertz CT molecular complexity index is 1450. The van der Waals surface area contributed by atoms with Crippen molar-refractivity contribution in [3.05, 3.63) is 77.0 Å². The zero-order valence-electron chi connectivity index (χ0n) is 20.4. The molecular formula is C27H28FN5O4. The van der Waals surface area contributed by atoms with Crippen LogP contribution >= 0.6 is 0 Å². The van der Waals surface area contributed by atoms with Crippen LogP contribution in [0.1, 0.15) is 45.8 Å². The summed E-state index contributed by atoms with van der Waals surface area (Å²) in [6.07, 6.45) is 5.33. The number of carbonyl (C=O) groups excluding carboxylic acids is 1. The lowest BCUT2D eigenvalue weighted by Gasteiger charge is -2.27. The molecule has 0 aliphatic carbocycles. The lowest BCUT2D eigenvalue weighted by Crippen LogP contribution is -2.27. The summed E-state index contributed by atoms with van der Waals surface area (Å²) in [5, 5.41) is 9.39. The number of fused-ring (bicyclic) bond motifs is 1. The van der Waals surface area contributed by atoms with Crippen LogP contribution in [0.25, 0.3) is 16.7 Å². The highest BCUT2D eigenvalue weighted by molar-refractivity contribution is 5.96. The van der Waals surface area contributed by atoms with Gasteiger partial charge >= 0.3 is 0 Å². The number of aliphatic hydroxyl groups is 1. The molecule has 9 nitrogen and oxygen atoms in total. The van der Waals surface area contributed by atoms with Crippen LogP contribution in [0.15, 0.2) is 48.9 Å². The SMILES string of the molecule is COc1c(Cc2ccc(-n3cc(C4CCC(CO)OC4)c4ncnc(N)c43)cc2)cc(F)cc1C(N)=O. The van der Waals surface area contributed by atoms with Crippen LogP contribution in [0.2, 0.25) is 0 Å². The summed E-state index contributed by atoms with van der Waals surface area (Å²) < 4.78 is 27.3. The number of halogens is 1. The predicted octanol–water partition coefficient (Wildman–Crippen LogP) is 3.10. The number of aromatic nitrogens is 3. The third kappa shape index (κ3) is 4.73. The van der Waals surface area contributed by atoms with E-state index in [0.29, 0.717) is 29.9 Å². The second-order valence-corrected chi connectivity index (χ2v) is 9.18. The quantitative estimate of drug-likeness (QED) is 0.351. The summed E-state index contributed by atoms with van der Waals surface area (Å²) in [4.78, 5) is 20.5. The maximum Gasteiger partial charge on any atom is 0.252 e. The number of amides is 1. The molecule has 2 atom stereocenters. The molecule has 0 radical (unpaired) electrons. The van der Waals surface area contributed by atoms with E-state index in [4.69, 9.17) is 20.9 Å². The molecule has 0 spiro atoms. The Kier molecular flexibility index (Phi) is 6.77. The summed E-state index contributed by atoms with van der Waals surface area (Å²) >= 11 is 0. The molecule has 1 fully saturated rings. The number of nitrogen functional groups attached to an aromatic ring is 1. The van der Waals surface area contributed by atoms with Gasteiger partial charge in [0.15, 0.2) is 5.82 Å². The van der Waals surface area contributed by atoms with Crippen molar-refractivity contribution in [3.63, 3.8) is 0 Å². The van der Waals surface area contributed by atoms with Crippen LogP contribution in [-0.2, 0) is 11.2 Å². The van der Waals surface area contributed by atoms with Crippen molar-refractivity contribution >= 4 is 22.8 Å². The van der Waals surface area contributed by atoms with E-state index >= 15 is 0 Å². The number of nitrogens with two attached hydrogens (primary N) is 2. The predicted molar refractivity (Wildman–Crippen MR) is 136 cm³/mol. The molecule has 2 aromatic carbocycles. The normalized spacial score (nSPS) is 17.7. The number of methoxy groups -OCH3 is 1. The fraction of sp³-hybridized carbons (Fsp3) is 0.296. The van der Waals surface area contributed by atoms with Crippen LogP contribution in [-0.4, -0.2) is 52.0 Å². The number of anilines is 1. The van der Waals surface area contributed by atoms with Gasteiger partial charge in [-0.25, -0.2) is 14.4 Å². The number of rotatable bonds is 7. The first kappa shape index (κ1) is 24.7. The van der Waals surface area contributed by atoms with E-state index in [2.05, 4.69) is 9.97 Å². The van der Waals surface area contributed by atoms with Crippen molar-refractivity contribution in [2.45, 2.75) is 31.3 Å². The number of hydrogen-bond donors (Lipinski definition) is 3. The van der Waals surface area contributed by atoms with Gasteiger partial charge in [0.1, 0.15) is 23.4 Å². The van der Waals surface area contributed by atoms with Crippen molar-refractivity contribution in [2.75, 3.05) is 26.1 Å². The second-order valence-electron chi connectivity index (χ2n) is 9.18. The number of nitrogens with zero attached hydrogens (tertiary/aromatic N) is 3. The number of aliphatic hydroxyl groups excluding tert-OH is 1. The van der Waals surface area contributed by atoms with E-state index in [-0.39, 0.29) is 29.9 Å². The van der Waals surface area contributed by atoms with E-state index in [9.17, 15) is 14.3 Å². The minimum atomic E-state index is -0.752. The molecule has 2 aromatic heterocycles. The molecule has 3 heterocycles. The van der Waals surface area contributed by atoms with Gasteiger partial charge in [-0.3, -0.25) is 4.79 Å². The number of ether oxygens (including phenoxy) is 2. The van der Waals surface area contributed by atoms with Gasteiger partial charge in [0.25, 0.3) is 5.91 Å². The van der Waals surface area contributed by atoms with Gasteiger partial charge in [-0.2, -0.15) is 0 Å². The van der Waals surface area contributed by atoms with E-state index < -0.39 is 11.7 Å². The molecule has 2 unspecified atom stereocenters. The summed E-state index contributed by atoms with van der Waals surface area (Å²) in [5.74, 6) is -0.547. The molecule has 1 saturated heterocycles. The van der Waals surface area contributed by atoms with Crippen LogP contribution < -0.4 is 16.2 Å². The zero-order chi connectivity index (χ0) is 26.1. The Labute approximate surface area is 212 Å².